The Bertz CT molecular complexity index is 1080. The highest BCUT2D eigenvalue weighted by molar-refractivity contribution is 6.43. The van der Waals surface area contributed by atoms with E-state index in [1.54, 1.807) is 36.4 Å². The van der Waals surface area contributed by atoms with Crippen molar-refractivity contribution in [2.75, 3.05) is 0 Å². The van der Waals surface area contributed by atoms with Crippen LogP contribution in [0.4, 0.5) is 4.39 Å². The molecule has 0 spiro atoms. The van der Waals surface area contributed by atoms with Gasteiger partial charge in [-0.25, -0.2) is 4.39 Å². The van der Waals surface area contributed by atoms with Gasteiger partial charge in [0, 0.05) is 5.56 Å². The topological polar surface area (TPSA) is 98.7 Å². The van der Waals surface area contributed by atoms with Crippen molar-refractivity contribution < 1.29 is 24.0 Å². The number of aryl methyl sites for hydroxylation is 1. The molecular weight excluding hydrogens is 422 g/mol. The van der Waals surface area contributed by atoms with E-state index in [1.165, 1.54) is 18.2 Å². The van der Waals surface area contributed by atoms with E-state index in [9.17, 15) is 24.0 Å². The summed E-state index contributed by atoms with van der Waals surface area (Å²) in [6, 6.07) is 20.8. The number of hydrogen-bond acceptors (Lipinski definition) is 4. The molecule has 0 bridgehead atoms. The lowest BCUT2D eigenvalue weighted by Crippen LogP contribution is -2.48. The summed E-state index contributed by atoms with van der Waals surface area (Å²) in [5.74, 6) is -2.35. The molecule has 4 N–H and O–H groups in total. The molecule has 6 nitrogen and oxygen atoms in total. The van der Waals surface area contributed by atoms with E-state index >= 15 is 0 Å². The van der Waals surface area contributed by atoms with Gasteiger partial charge in [-0.3, -0.25) is 9.59 Å². The maximum atomic E-state index is 13.8. The maximum absolute atomic E-state index is 13.8. The van der Waals surface area contributed by atoms with Crippen molar-refractivity contribution >= 4 is 18.9 Å². The number of benzene rings is 3. The summed E-state index contributed by atoms with van der Waals surface area (Å²) in [5.41, 5.74) is 2.73. The average Bonchev–Trinajstić information content (AvgIpc) is 2.80. The first-order chi connectivity index (χ1) is 15.8. The van der Waals surface area contributed by atoms with Crippen molar-refractivity contribution in [1.82, 2.24) is 10.6 Å². The second kappa shape index (κ2) is 11.4. The van der Waals surface area contributed by atoms with Crippen LogP contribution in [0, 0.1) is 12.7 Å². The lowest BCUT2D eigenvalue weighted by atomic mass is 9.75. The molecule has 0 saturated heterocycles. The van der Waals surface area contributed by atoms with E-state index in [-0.39, 0.29) is 12.8 Å². The second-order valence-electron chi connectivity index (χ2n) is 7.93. The first-order valence-electron chi connectivity index (χ1n) is 10.6. The number of halogens is 1. The lowest BCUT2D eigenvalue weighted by Gasteiger charge is -2.22. The summed E-state index contributed by atoms with van der Waals surface area (Å²) in [7, 11) is -1.78. The molecular formula is C25H26BFN2O4. The van der Waals surface area contributed by atoms with Crippen molar-refractivity contribution in [3.05, 3.63) is 107 Å². The van der Waals surface area contributed by atoms with Crippen molar-refractivity contribution in [3.8, 4) is 0 Å². The molecule has 2 unspecified atom stereocenters. The minimum absolute atomic E-state index is 0.209. The molecule has 0 aliphatic carbocycles. The summed E-state index contributed by atoms with van der Waals surface area (Å²) in [5, 5.41) is 25.0. The van der Waals surface area contributed by atoms with Crippen LogP contribution < -0.4 is 10.6 Å². The highest BCUT2D eigenvalue weighted by atomic mass is 19.1. The van der Waals surface area contributed by atoms with E-state index in [0.29, 0.717) is 11.1 Å². The first-order valence-corrected chi connectivity index (χ1v) is 10.6. The molecule has 0 aliphatic heterocycles. The molecule has 33 heavy (non-hydrogen) atoms. The van der Waals surface area contributed by atoms with Crippen LogP contribution >= 0.6 is 0 Å². The molecule has 3 rings (SSSR count). The largest absolute Gasteiger partial charge is 0.475 e. The zero-order valence-electron chi connectivity index (χ0n) is 18.2. The summed E-state index contributed by atoms with van der Waals surface area (Å²) >= 11 is 0. The van der Waals surface area contributed by atoms with Crippen molar-refractivity contribution in [1.29, 1.82) is 0 Å². The average molecular weight is 448 g/mol. The fourth-order valence-electron chi connectivity index (χ4n) is 3.47. The standard InChI is InChI=1S/C25H26BFN2O4/c1-17-10-12-18(13-11-17)14-23(26(32)33)29-24(30)16-22(20-8-5-9-21(27)15-20)28-25(31)19-6-3-2-4-7-19/h2-13,15,22-23,32-33H,14,16H2,1H3,(H,28,31)(H,29,30). The van der Waals surface area contributed by atoms with Gasteiger partial charge < -0.3 is 20.7 Å². The van der Waals surface area contributed by atoms with Gasteiger partial charge in [0.15, 0.2) is 0 Å². The minimum atomic E-state index is -1.78. The number of hydrogen-bond donors (Lipinski definition) is 4. The van der Waals surface area contributed by atoms with Crippen molar-refractivity contribution in [3.63, 3.8) is 0 Å². The Kier molecular flexibility index (Phi) is 8.35. The minimum Gasteiger partial charge on any atom is -0.426 e. The Hall–Kier alpha value is -3.49. The smallest absolute Gasteiger partial charge is 0.426 e. The van der Waals surface area contributed by atoms with Gasteiger partial charge in [0.05, 0.1) is 18.4 Å². The third kappa shape index (κ3) is 7.27. The van der Waals surface area contributed by atoms with Gasteiger partial charge in [-0.05, 0) is 48.7 Å². The Morgan fingerprint density at radius 3 is 2.27 bits per heavy atom. The van der Waals surface area contributed by atoms with E-state index in [0.717, 1.165) is 11.1 Å². The molecule has 0 fully saturated rings. The van der Waals surface area contributed by atoms with E-state index in [1.807, 2.05) is 31.2 Å². The Morgan fingerprint density at radius 2 is 1.64 bits per heavy atom. The SMILES string of the molecule is Cc1ccc(CC(NC(=O)CC(NC(=O)c2ccccc2)c2cccc(F)c2)B(O)O)cc1. The summed E-state index contributed by atoms with van der Waals surface area (Å²) in [6.45, 7) is 1.94. The van der Waals surface area contributed by atoms with Crippen LogP contribution in [0.3, 0.4) is 0 Å². The van der Waals surface area contributed by atoms with Gasteiger partial charge in [0.2, 0.25) is 5.91 Å². The Morgan fingerprint density at radius 1 is 0.939 bits per heavy atom. The number of nitrogens with one attached hydrogen (secondary N) is 2. The molecule has 2 amide bonds. The van der Waals surface area contributed by atoms with E-state index < -0.39 is 36.7 Å². The summed E-state index contributed by atoms with van der Waals surface area (Å²) < 4.78 is 13.8. The van der Waals surface area contributed by atoms with Crippen LogP contribution in [0.5, 0.6) is 0 Å². The number of carbonyl (C=O) groups is 2. The number of amides is 2. The van der Waals surface area contributed by atoms with Crippen LogP contribution in [0.2, 0.25) is 0 Å². The molecule has 0 radical (unpaired) electrons. The highest BCUT2D eigenvalue weighted by Crippen LogP contribution is 2.19. The first kappa shape index (κ1) is 24.2. The number of carbonyl (C=O) groups excluding carboxylic acids is 2. The van der Waals surface area contributed by atoms with Crippen LogP contribution in [-0.4, -0.2) is 34.9 Å². The molecule has 0 aromatic heterocycles. The zero-order valence-corrected chi connectivity index (χ0v) is 18.2. The molecule has 0 aliphatic rings. The molecule has 3 aromatic carbocycles. The third-order valence-electron chi connectivity index (χ3n) is 5.26. The fraction of sp³-hybridized carbons (Fsp3) is 0.200. The van der Waals surface area contributed by atoms with Gasteiger partial charge in [0.25, 0.3) is 5.91 Å². The monoisotopic (exact) mass is 448 g/mol. The van der Waals surface area contributed by atoms with Crippen molar-refractivity contribution in [2.24, 2.45) is 0 Å². The molecule has 170 valence electrons. The predicted molar refractivity (Wildman–Crippen MR) is 125 cm³/mol. The van der Waals surface area contributed by atoms with Crippen molar-refractivity contribution in [2.45, 2.75) is 31.7 Å². The highest BCUT2D eigenvalue weighted by Gasteiger charge is 2.27. The summed E-state index contributed by atoms with van der Waals surface area (Å²) in [6.07, 6.45) is 0.00381. The number of rotatable bonds is 9. The van der Waals surface area contributed by atoms with Gasteiger partial charge in [0.1, 0.15) is 5.82 Å². The maximum Gasteiger partial charge on any atom is 0.475 e. The predicted octanol–water partition coefficient (Wildman–Crippen LogP) is 2.73. The normalized spacial score (nSPS) is 12.5. The van der Waals surface area contributed by atoms with Gasteiger partial charge >= 0.3 is 7.12 Å². The summed E-state index contributed by atoms with van der Waals surface area (Å²) in [4.78, 5) is 25.5. The molecule has 0 heterocycles. The fourth-order valence-corrected chi connectivity index (χ4v) is 3.47. The van der Waals surface area contributed by atoms with Crippen LogP contribution in [0.15, 0.2) is 78.9 Å². The van der Waals surface area contributed by atoms with Gasteiger partial charge in [-0.2, -0.15) is 0 Å². The lowest BCUT2D eigenvalue weighted by molar-refractivity contribution is -0.122. The Labute approximate surface area is 192 Å². The quantitative estimate of drug-likeness (QED) is 0.379. The second-order valence-corrected chi connectivity index (χ2v) is 7.93. The van der Waals surface area contributed by atoms with Crippen LogP contribution in [0.25, 0.3) is 0 Å². The third-order valence-corrected chi connectivity index (χ3v) is 5.26. The van der Waals surface area contributed by atoms with Gasteiger partial charge in [-0.1, -0.05) is 60.2 Å². The molecule has 0 saturated carbocycles. The van der Waals surface area contributed by atoms with Crippen LogP contribution in [-0.2, 0) is 11.2 Å². The Balaban J connectivity index is 1.73. The van der Waals surface area contributed by atoms with Gasteiger partial charge in [-0.15, -0.1) is 0 Å². The van der Waals surface area contributed by atoms with E-state index in [2.05, 4.69) is 10.6 Å². The molecule has 2 atom stereocenters. The zero-order chi connectivity index (χ0) is 23.8. The van der Waals surface area contributed by atoms with E-state index in [4.69, 9.17) is 0 Å². The molecule has 3 aromatic rings. The molecule has 8 heteroatoms. The van der Waals surface area contributed by atoms with Crippen LogP contribution in [0.1, 0.15) is 39.5 Å².